The molecule has 132 valence electrons. The zero-order valence-electron chi connectivity index (χ0n) is 13.7. The standard InChI is InChI=1S/C17H18F2N4O2/c1-22-10-15(20-8-16(22)24)21-17(25)23-3-2-11(9-23)4-12-5-13(18)7-14(19)6-12/h5-8,10-11H,2-4,9H2,1H3,(H,21,25). The van der Waals surface area contributed by atoms with E-state index in [1.54, 1.807) is 11.9 Å². The third-order valence-corrected chi connectivity index (χ3v) is 4.23. The first-order chi connectivity index (χ1) is 11.9. The summed E-state index contributed by atoms with van der Waals surface area (Å²) in [6, 6.07) is 3.18. The highest BCUT2D eigenvalue weighted by molar-refractivity contribution is 5.88. The van der Waals surface area contributed by atoms with Gasteiger partial charge in [0.25, 0.3) is 5.56 Å². The van der Waals surface area contributed by atoms with Crippen LogP contribution in [0, 0.1) is 17.6 Å². The summed E-state index contributed by atoms with van der Waals surface area (Å²) in [7, 11) is 1.57. The Morgan fingerprint density at radius 2 is 2.04 bits per heavy atom. The van der Waals surface area contributed by atoms with Gasteiger partial charge in [-0.1, -0.05) is 0 Å². The minimum absolute atomic E-state index is 0.139. The lowest BCUT2D eigenvalue weighted by Crippen LogP contribution is -2.34. The monoisotopic (exact) mass is 348 g/mol. The van der Waals surface area contributed by atoms with Gasteiger partial charge in [-0.05, 0) is 36.5 Å². The van der Waals surface area contributed by atoms with E-state index in [-0.39, 0.29) is 17.5 Å². The molecular formula is C17H18F2N4O2. The lowest BCUT2D eigenvalue weighted by molar-refractivity contribution is 0.220. The maximum Gasteiger partial charge on any atom is 0.323 e. The lowest BCUT2D eigenvalue weighted by Gasteiger charge is -2.17. The molecule has 0 spiro atoms. The molecular weight excluding hydrogens is 330 g/mol. The van der Waals surface area contributed by atoms with Crippen molar-refractivity contribution in [2.24, 2.45) is 13.0 Å². The fraction of sp³-hybridized carbons (Fsp3) is 0.353. The second-order valence-corrected chi connectivity index (χ2v) is 6.23. The van der Waals surface area contributed by atoms with E-state index in [1.807, 2.05) is 0 Å². The van der Waals surface area contributed by atoms with Crippen LogP contribution in [0.3, 0.4) is 0 Å². The summed E-state index contributed by atoms with van der Waals surface area (Å²) in [6.07, 6.45) is 3.85. The number of nitrogens with zero attached hydrogens (tertiary/aromatic N) is 3. The summed E-state index contributed by atoms with van der Waals surface area (Å²) >= 11 is 0. The number of aromatic nitrogens is 2. The van der Waals surface area contributed by atoms with Crippen LogP contribution in [-0.2, 0) is 13.5 Å². The average molecular weight is 348 g/mol. The third kappa shape index (κ3) is 4.20. The van der Waals surface area contributed by atoms with Crippen LogP contribution >= 0.6 is 0 Å². The zero-order chi connectivity index (χ0) is 18.0. The number of carbonyl (C=O) groups is 1. The first-order valence-electron chi connectivity index (χ1n) is 7.94. The number of nitrogens with one attached hydrogen (secondary N) is 1. The van der Waals surface area contributed by atoms with Gasteiger partial charge in [-0.25, -0.2) is 18.6 Å². The molecule has 1 saturated heterocycles. The number of rotatable bonds is 3. The highest BCUT2D eigenvalue weighted by Gasteiger charge is 2.26. The van der Waals surface area contributed by atoms with Gasteiger partial charge >= 0.3 is 6.03 Å². The molecule has 3 rings (SSSR count). The molecule has 1 atom stereocenters. The van der Waals surface area contributed by atoms with Crippen molar-refractivity contribution in [3.05, 3.63) is 58.1 Å². The molecule has 1 aliphatic rings. The molecule has 6 nitrogen and oxygen atoms in total. The topological polar surface area (TPSA) is 67.2 Å². The van der Waals surface area contributed by atoms with Gasteiger partial charge in [0, 0.05) is 32.4 Å². The van der Waals surface area contributed by atoms with Gasteiger partial charge in [-0.2, -0.15) is 0 Å². The van der Waals surface area contributed by atoms with E-state index >= 15 is 0 Å². The molecule has 2 aromatic rings. The maximum absolute atomic E-state index is 13.3. The molecule has 8 heteroatoms. The quantitative estimate of drug-likeness (QED) is 0.924. The highest BCUT2D eigenvalue weighted by Crippen LogP contribution is 2.22. The van der Waals surface area contributed by atoms with Crippen molar-refractivity contribution in [3.63, 3.8) is 0 Å². The largest absolute Gasteiger partial charge is 0.324 e. The van der Waals surface area contributed by atoms with E-state index in [0.29, 0.717) is 30.9 Å². The number of likely N-dealkylation sites (tertiary alicyclic amines) is 1. The van der Waals surface area contributed by atoms with E-state index in [1.165, 1.54) is 22.9 Å². The number of amides is 2. The number of halogens is 2. The van der Waals surface area contributed by atoms with Crippen LogP contribution in [0.5, 0.6) is 0 Å². The maximum atomic E-state index is 13.3. The van der Waals surface area contributed by atoms with Crippen LogP contribution < -0.4 is 10.9 Å². The molecule has 25 heavy (non-hydrogen) atoms. The van der Waals surface area contributed by atoms with Gasteiger partial charge in [0.2, 0.25) is 0 Å². The Labute approximate surface area is 143 Å². The van der Waals surface area contributed by atoms with Gasteiger partial charge in [-0.3, -0.25) is 10.1 Å². The van der Waals surface area contributed by atoms with Crippen molar-refractivity contribution in [1.29, 1.82) is 0 Å². The number of urea groups is 1. The van der Waals surface area contributed by atoms with Crippen molar-refractivity contribution in [3.8, 4) is 0 Å². The van der Waals surface area contributed by atoms with Crippen LogP contribution in [0.2, 0.25) is 0 Å². The number of aryl methyl sites for hydroxylation is 1. The van der Waals surface area contributed by atoms with Gasteiger partial charge < -0.3 is 9.47 Å². The summed E-state index contributed by atoms with van der Waals surface area (Å²) < 4.78 is 27.9. The Bertz CT molecular complexity index is 833. The number of carbonyl (C=O) groups excluding carboxylic acids is 1. The van der Waals surface area contributed by atoms with Crippen LogP contribution in [-0.4, -0.2) is 33.6 Å². The van der Waals surface area contributed by atoms with Crippen molar-refractivity contribution < 1.29 is 13.6 Å². The summed E-state index contributed by atoms with van der Waals surface area (Å²) in [5.41, 5.74) is 0.325. The smallest absolute Gasteiger partial charge is 0.323 e. The summed E-state index contributed by atoms with van der Waals surface area (Å²) in [6.45, 7) is 1.05. The van der Waals surface area contributed by atoms with E-state index in [4.69, 9.17) is 0 Å². The van der Waals surface area contributed by atoms with Gasteiger partial charge in [0.15, 0.2) is 5.82 Å². The van der Waals surface area contributed by atoms with Crippen molar-refractivity contribution in [2.45, 2.75) is 12.8 Å². The molecule has 0 saturated carbocycles. The third-order valence-electron chi connectivity index (χ3n) is 4.23. The van der Waals surface area contributed by atoms with Crippen LogP contribution in [0.4, 0.5) is 19.4 Å². The minimum atomic E-state index is -0.594. The Hall–Kier alpha value is -2.77. The summed E-state index contributed by atoms with van der Waals surface area (Å²) in [5, 5.41) is 2.65. The van der Waals surface area contributed by atoms with Crippen LogP contribution in [0.25, 0.3) is 0 Å². The number of benzene rings is 1. The van der Waals surface area contributed by atoms with E-state index < -0.39 is 11.6 Å². The number of hydrogen-bond acceptors (Lipinski definition) is 3. The van der Waals surface area contributed by atoms with Gasteiger partial charge in [-0.15, -0.1) is 0 Å². The van der Waals surface area contributed by atoms with Crippen LogP contribution in [0.1, 0.15) is 12.0 Å². The molecule has 1 aromatic heterocycles. The molecule has 1 fully saturated rings. The van der Waals surface area contributed by atoms with Crippen molar-refractivity contribution in [2.75, 3.05) is 18.4 Å². The molecule has 2 amide bonds. The Kier molecular flexibility index (Phi) is 4.78. The Morgan fingerprint density at radius 1 is 1.32 bits per heavy atom. The Morgan fingerprint density at radius 3 is 2.72 bits per heavy atom. The minimum Gasteiger partial charge on any atom is -0.324 e. The number of anilines is 1. The predicted molar refractivity (Wildman–Crippen MR) is 88.2 cm³/mol. The fourth-order valence-corrected chi connectivity index (χ4v) is 3.00. The molecule has 1 unspecified atom stereocenters. The SMILES string of the molecule is Cn1cc(NC(=O)N2CCC(Cc3cc(F)cc(F)c3)C2)ncc1=O. The fourth-order valence-electron chi connectivity index (χ4n) is 3.00. The second kappa shape index (κ2) is 7.00. The first kappa shape index (κ1) is 17.1. The van der Waals surface area contributed by atoms with E-state index in [0.717, 1.165) is 18.7 Å². The van der Waals surface area contributed by atoms with Crippen molar-refractivity contribution in [1.82, 2.24) is 14.5 Å². The lowest BCUT2D eigenvalue weighted by atomic mass is 9.98. The Balaban J connectivity index is 1.59. The molecule has 0 aliphatic carbocycles. The van der Waals surface area contributed by atoms with Gasteiger partial charge in [0.1, 0.15) is 11.6 Å². The normalized spacial score (nSPS) is 16.9. The van der Waals surface area contributed by atoms with Gasteiger partial charge in [0.05, 0.1) is 6.20 Å². The summed E-state index contributed by atoms with van der Waals surface area (Å²) in [5.74, 6) is -0.755. The second-order valence-electron chi connectivity index (χ2n) is 6.23. The molecule has 0 radical (unpaired) electrons. The predicted octanol–water partition coefficient (Wildman–Crippen LogP) is 2.16. The molecule has 1 N–H and O–H groups in total. The van der Waals surface area contributed by atoms with Crippen molar-refractivity contribution >= 4 is 11.8 Å². The molecule has 1 aliphatic heterocycles. The van der Waals surface area contributed by atoms with Crippen LogP contribution in [0.15, 0.2) is 35.4 Å². The molecule has 1 aromatic carbocycles. The molecule has 2 heterocycles. The molecule has 0 bridgehead atoms. The highest BCUT2D eigenvalue weighted by atomic mass is 19.1. The first-order valence-corrected chi connectivity index (χ1v) is 7.94. The van der Waals surface area contributed by atoms with E-state index in [2.05, 4.69) is 10.3 Å². The summed E-state index contributed by atoms with van der Waals surface area (Å²) in [4.78, 5) is 29.1. The van der Waals surface area contributed by atoms with E-state index in [9.17, 15) is 18.4 Å². The number of hydrogen-bond donors (Lipinski definition) is 1. The zero-order valence-corrected chi connectivity index (χ0v) is 13.7. The average Bonchev–Trinajstić information content (AvgIpc) is 2.98.